The summed E-state index contributed by atoms with van der Waals surface area (Å²) in [7, 11) is -3.90. The topological polar surface area (TPSA) is 78.6 Å². The number of primary sulfonamides is 1. The predicted molar refractivity (Wildman–Crippen MR) is 64.4 cm³/mol. The van der Waals surface area contributed by atoms with Gasteiger partial charge in [-0.25, -0.2) is 17.9 Å². The lowest BCUT2D eigenvalue weighted by molar-refractivity contribution is 0.0544. The van der Waals surface area contributed by atoms with Crippen molar-refractivity contribution in [2.45, 2.75) is 24.8 Å². The number of sulfonamides is 1. The zero-order chi connectivity index (χ0) is 13.8. The second-order valence-electron chi connectivity index (χ2n) is 3.91. The third kappa shape index (κ3) is 4.59. The fourth-order valence-corrected chi connectivity index (χ4v) is 1.74. The highest BCUT2D eigenvalue weighted by atomic mass is 32.2. The molecule has 0 aliphatic carbocycles. The third-order valence-electron chi connectivity index (χ3n) is 2.02. The van der Waals surface area contributed by atoms with Gasteiger partial charge in [-0.2, -0.15) is 0 Å². The highest BCUT2D eigenvalue weighted by Gasteiger charge is 2.12. The number of benzene rings is 1. The fraction of sp³-hybridized carbons (Fsp3) is 0.455. The highest BCUT2D eigenvalue weighted by Crippen LogP contribution is 2.20. The normalized spacial score (nSPS) is 11.8. The van der Waals surface area contributed by atoms with Gasteiger partial charge in [0.2, 0.25) is 10.0 Å². The molecule has 0 amide bonds. The fourth-order valence-electron chi connectivity index (χ4n) is 1.21. The van der Waals surface area contributed by atoms with Crippen LogP contribution in [0.5, 0.6) is 5.75 Å². The van der Waals surface area contributed by atoms with Crippen LogP contribution in [0.2, 0.25) is 0 Å². The maximum atomic E-state index is 13.5. The summed E-state index contributed by atoms with van der Waals surface area (Å²) in [6.07, 6.45) is 0.0724. The molecule has 5 nitrogen and oxygen atoms in total. The van der Waals surface area contributed by atoms with Gasteiger partial charge in [-0.1, -0.05) is 0 Å². The van der Waals surface area contributed by atoms with Gasteiger partial charge in [0.25, 0.3) is 0 Å². The van der Waals surface area contributed by atoms with Crippen molar-refractivity contribution in [3.8, 4) is 5.75 Å². The average Bonchev–Trinajstić information content (AvgIpc) is 2.24. The quantitative estimate of drug-likeness (QED) is 0.794. The number of nitrogens with two attached hydrogens (primary N) is 1. The number of hydrogen-bond acceptors (Lipinski definition) is 4. The zero-order valence-electron chi connectivity index (χ0n) is 10.2. The average molecular weight is 277 g/mol. The minimum atomic E-state index is -3.90. The van der Waals surface area contributed by atoms with Gasteiger partial charge in [-0.05, 0) is 32.0 Å². The second-order valence-corrected chi connectivity index (χ2v) is 5.47. The number of rotatable bonds is 6. The Balaban J connectivity index is 2.64. The van der Waals surface area contributed by atoms with Crippen molar-refractivity contribution in [1.29, 1.82) is 0 Å². The molecule has 0 radical (unpaired) electrons. The molecule has 7 heteroatoms. The standard InChI is InChI=1S/C11H16FNO4S/c1-8(2)16-5-6-17-11-4-3-9(7-10(11)12)18(13,14)15/h3-4,7-8H,5-6H2,1-2H3,(H2,13,14,15). The van der Waals surface area contributed by atoms with Crippen LogP contribution in [0.15, 0.2) is 23.1 Å². The van der Waals surface area contributed by atoms with E-state index in [1.165, 1.54) is 12.1 Å². The van der Waals surface area contributed by atoms with Crippen molar-refractivity contribution in [2.75, 3.05) is 13.2 Å². The molecule has 0 unspecified atom stereocenters. The second kappa shape index (κ2) is 6.12. The summed E-state index contributed by atoms with van der Waals surface area (Å²) in [6, 6.07) is 3.25. The van der Waals surface area contributed by atoms with Gasteiger partial charge in [0.05, 0.1) is 17.6 Å². The van der Waals surface area contributed by atoms with Gasteiger partial charge in [-0.15, -0.1) is 0 Å². The SMILES string of the molecule is CC(C)OCCOc1ccc(S(N)(=O)=O)cc1F. The van der Waals surface area contributed by atoms with Crippen LogP contribution in [-0.2, 0) is 14.8 Å². The van der Waals surface area contributed by atoms with Crippen molar-refractivity contribution in [2.24, 2.45) is 5.14 Å². The molecule has 0 aliphatic heterocycles. The summed E-state index contributed by atoms with van der Waals surface area (Å²) >= 11 is 0. The van der Waals surface area contributed by atoms with E-state index in [9.17, 15) is 12.8 Å². The van der Waals surface area contributed by atoms with E-state index >= 15 is 0 Å². The van der Waals surface area contributed by atoms with Gasteiger partial charge < -0.3 is 9.47 Å². The van der Waals surface area contributed by atoms with Crippen LogP contribution in [-0.4, -0.2) is 27.7 Å². The van der Waals surface area contributed by atoms with E-state index in [0.717, 1.165) is 6.07 Å². The van der Waals surface area contributed by atoms with Gasteiger partial charge in [0.15, 0.2) is 11.6 Å². The lowest BCUT2D eigenvalue weighted by atomic mass is 10.3. The van der Waals surface area contributed by atoms with E-state index in [2.05, 4.69) is 0 Å². The smallest absolute Gasteiger partial charge is 0.238 e. The Morgan fingerprint density at radius 1 is 1.33 bits per heavy atom. The molecule has 0 spiro atoms. The molecule has 1 rings (SSSR count). The first-order valence-electron chi connectivity index (χ1n) is 5.37. The summed E-state index contributed by atoms with van der Waals surface area (Å²) < 4.78 is 45.8. The monoisotopic (exact) mass is 277 g/mol. The summed E-state index contributed by atoms with van der Waals surface area (Å²) in [5.41, 5.74) is 0. The van der Waals surface area contributed by atoms with E-state index in [1.54, 1.807) is 0 Å². The first-order chi connectivity index (χ1) is 8.30. The molecule has 0 saturated heterocycles. The van der Waals surface area contributed by atoms with Crippen LogP contribution >= 0.6 is 0 Å². The first kappa shape index (κ1) is 14.9. The first-order valence-corrected chi connectivity index (χ1v) is 6.92. The number of ether oxygens (including phenoxy) is 2. The van der Waals surface area contributed by atoms with E-state index in [-0.39, 0.29) is 23.4 Å². The summed E-state index contributed by atoms with van der Waals surface area (Å²) in [4.78, 5) is -0.286. The Kier molecular flexibility index (Phi) is 5.06. The molecular weight excluding hydrogens is 261 g/mol. The lowest BCUT2D eigenvalue weighted by Crippen LogP contribution is -2.14. The maximum absolute atomic E-state index is 13.5. The minimum absolute atomic E-state index is 0.0326. The minimum Gasteiger partial charge on any atom is -0.488 e. The van der Waals surface area contributed by atoms with Crippen LogP contribution in [0.1, 0.15) is 13.8 Å². The summed E-state index contributed by atoms with van der Waals surface area (Å²) in [5, 5.41) is 4.88. The van der Waals surface area contributed by atoms with Crippen LogP contribution in [0.3, 0.4) is 0 Å². The largest absolute Gasteiger partial charge is 0.488 e. The van der Waals surface area contributed by atoms with Crippen LogP contribution in [0, 0.1) is 5.82 Å². The van der Waals surface area contributed by atoms with E-state index in [4.69, 9.17) is 14.6 Å². The molecule has 1 aromatic rings. The molecule has 1 aromatic carbocycles. The lowest BCUT2D eigenvalue weighted by Gasteiger charge is -2.10. The summed E-state index contributed by atoms with van der Waals surface area (Å²) in [5.74, 6) is -0.805. The van der Waals surface area contributed by atoms with Gasteiger partial charge in [-0.3, -0.25) is 0 Å². The molecule has 102 valence electrons. The van der Waals surface area contributed by atoms with Crippen LogP contribution < -0.4 is 9.88 Å². The molecular formula is C11H16FNO4S. The predicted octanol–water partition coefficient (Wildman–Crippen LogP) is 1.28. The molecule has 0 aliphatic rings. The van der Waals surface area contributed by atoms with Crippen molar-refractivity contribution in [1.82, 2.24) is 0 Å². The molecule has 0 fully saturated rings. The Labute approximate surface area is 106 Å². The van der Waals surface area contributed by atoms with Crippen molar-refractivity contribution in [3.05, 3.63) is 24.0 Å². The van der Waals surface area contributed by atoms with Crippen molar-refractivity contribution in [3.63, 3.8) is 0 Å². The highest BCUT2D eigenvalue weighted by molar-refractivity contribution is 7.89. The Bertz CT molecular complexity index is 502. The van der Waals surface area contributed by atoms with Gasteiger partial charge in [0, 0.05) is 0 Å². The van der Waals surface area contributed by atoms with Crippen molar-refractivity contribution < 1.29 is 22.3 Å². The number of hydrogen-bond donors (Lipinski definition) is 1. The molecule has 0 bridgehead atoms. The number of halogens is 1. The Morgan fingerprint density at radius 2 is 2.00 bits per heavy atom. The molecule has 18 heavy (non-hydrogen) atoms. The van der Waals surface area contributed by atoms with Crippen LogP contribution in [0.4, 0.5) is 4.39 Å². The van der Waals surface area contributed by atoms with Gasteiger partial charge >= 0.3 is 0 Å². The zero-order valence-corrected chi connectivity index (χ0v) is 11.0. The molecule has 0 saturated carbocycles. The van der Waals surface area contributed by atoms with Crippen molar-refractivity contribution >= 4 is 10.0 Å². The van der Waals surface area contributed by atoms with Gasteiger partial charge in [0.1, 0.15) is 6.61 Å². The van der Waals surface area contributed by atoms with E-state index < -0.39 is 15.8 Å². The molecule has 2 N–H and O–H groups in total. The molecule has 0 aromatic heterocycles. The van der Waals surface area contributed by atoms with E-state index in [0.29, 0.717) is 6.61 Å². The van der Waals surface area contributed by atoms with Crippen LogP contribution in [0.25, 0.3) is 0 Å². The Morgan fingerprint density at radius 3 is 2.50 bits per heavy atom. The molecule has 0 atom stereocenters. The maximum Gasteiger partial charge on any atom is 0.238 e. The summed E-state index contributed by atoms with van der Waals surface area (Å²) in [6.45, 7) is 4.26. The Hall–Kier alpha value is -1.18. The third-order valence-corrected chi connectivity index (χ3v) is 2.93. The van der Waals surface area contributed by atoms with E-state index in [1.807, 2.05) is 13.8 Å². The molecule has 0 heterocycles.